The molecule has 1 unspecified atom stereocenters. The lowest BCUT2D eigenvalue weighted by Crippen LogP contribution is -2.23. The molecule has 1 atom stereocenters. The minimum Gasteiger partial charge on any atom is -0.755 e. The van der Waals surface area contributed by atoms with Crippen molar-refractivity contribution < 1.29 is 8.76 Å². The highest BCUT2D eigenvalue weighted by atomic mass is 32.2. The highest BCUT2D eigenvalue weighted by Crippen LogP contribution is 2.29. The zero-order chi connectivity index (χ0) is 28.4. The number of anilines is 1. The molecule has 0 saturated heterocycles. The predicted molar refractivity (Wildman–Crippen MR) is 158 cm³/mol. The Morgan fingerprint density at radius 2 is 1.82 bits per heavy atom. The zero-order valence-corrected chi connectivity index (χ0v) is 22.9. The summed E-state index contributed by atoms with van der Waals surface area (Å²) in [5, 5.41) is 7.73. The topological polar surface area (TPSA) is 142 Å². The van der Waals surface area contributed by atoms with Crippen LogP contribution < -0.4 is 16.0 Å². The SMILES string of the molecule is CC(C)c1nc2ccn(Cc3cccc(C(=N)N)c3)c(=O)c2n1Cc1ccccc1-c1cccc(NS(=O)[O-])c1. The average Bonchev–Trinajstić information content (AvgIpc) is 3.30. The summed E-state index contributed by atoms with van der Waals surface area (Å²) in [6.45, 7) is 4.83. The summed E-state index contributed by atoms with van der Waals surface area (Å²) in [5.41, 5.74) is 11.3. The van der Waals surface area contributed by atoms with Gasteiger partial charge in [-0.2, -0.15) is 0 Å². The number of nitrogens with two attached hydrogens (primary N) is 1. The molecule has 3 aromatic carbocycles. The third-order valence-electron chi connectivity index (χ3n) is 6.73. The van der Waals surface area contributed by atoms with Crippen LogP contribution in [0, 0.1) is 5.41 Å². The fourth-order valence-electron chi connectivity index (χ4n) is 4.91. The Morgan fingerprint density at radius 3 is 2.58 bits per heavy atom. The number of rotatable bonds is 9. The summed E-state index contributed by atoms with van der Waals surface area (Å²) < 4.78 is 28.4. The number of amidine groups is 1. The van der Waals surface area contributed by atoms with Crippen LogP contribution in [-0.2, 0) is 24.4 Å². The average molecular weight is 554 g/mol. The van der Waals surface area contributed by atoms with Gasteiger partial charge in [-0.15, -0.1) is 0 Å². The van der Waals surface area contributed by atoms with Crippen LogP contribution in [0.2, 0.25) is 0 Å². The third kappa shape index (κ3) is 5.58. The van der Waals surface area contributed by atoms with Crippen molar-refractivity contribution in [3.05, 3.63) is 118 Å². The van der Waals surface area contributed by atoms with Gasteiger partial charge in [-0.05, 0) is 46.5 Å². The van der Waals surface area contributed by atoms with Crippen LogP contribution in [0.25, 0.3) is 22.2 Å². The van der Waals surface area contributed by atoms with Crippen LogP contribution in [0.15, 0.2) is 89.9 Å². The van der Waals surface area contributed by atoms with Crippen LogP contribution >= 0.6 is 0 Å². The maximum Gasteiger partial charge on any atom is 0.277 e. The summed E-state index contributed by atoms with van der Waals surface area (Å²) in [6, 6.07) is 24.2. The summed E-state index contributed by atoms with van der Waals surface area (Å²) >= 11 is -2.43. The molecule has 0 aliphatic rings. The molecular weight excluding hydrogens is 524 g/mol. The van der Waals surface area contributed by atoms with E-state index >= 15 is 0 Å². The van der Waals surface area contributed by atoms with Crippen LogP contribution in [0.5, 0.6) is 0 Å². The molecule has 0 bridgehead atoms. The van der Waals surface area contributed by atoms with E-state index in [2.05, 4.69) is 4.72 Å². The second-order valence-corrected chi connectivity index (χ2v) is 10.6. The molecule has 4 N–H and O–H groups in total. The van der Waals surface area contributed by atoms with Crippen molar-refractivity contribution >= 4 is 33.8 Å². The first kappa shape index (κ1) is 27.0. The summed E-state index contributed by atoms with van der Waals surface area (Å²) in [7, 11) is 0. The number of hydrogen-bond donors (Lipinski definition) is 3. The quantitative estimate of drug-likeness (QED) is 0.139. The van der Waals surface area contributed by atoms with Gasteiger partial charge < -0.3 is 24.1 Å². The largest absolute Gasteiger partial charge is 0.755 e. The molecule has 9 nitrogen and oxygen atoms in total. The molecule has 0 spiro atoms. The number of aromatic nitrogens is 3. The van der Waals surface area contributed by atoms with E-state index in [0.717, 1.165) is 28.1 Å². The van der Waals surface area contributed by atoms with Crippen molar-refractivity contribution in [2.24, 2.45) is 5.73 Å². The first-order valence-electron chi connectivity index (χ1n) is 12.8. The molecule has 0 saturated carbocycles. The molecule has 40 heavy (non-hydrogen) atoms. The number of nitrogen functional groups attached to an aromatic ring is 1. The van der Waals surface area contributed by atoms with Crippen molar-refractivity contribution in [2.45, 2.75) is 32.9 Å². The monoisotopic (exact) mass is 553 g/mol. The number of nitrogens with one attached hydrogen (secondary N) is 2. The first-order chi connectivity index (χ1) is 19.2. The number of hydrogen-bond acceptors (Lipinski definition) is 5. The molecule has 0 aliphatic heterocycles. The van der Waals surface area contributed by atoms with Gasteiger partial charge in [-0.1, -0.05) is 68.4 Å². The summed E-state index contributed by atoms with van der Waals surface area (Å²) in [6.07, 6.45) is 1.75. The van der Waals surface area contributed by atoms with E-state index in [-0.39, 0.29) is 17.3 Å². The van der Waals surface area contributed by atoms with E-state index in [0.29, 0.717) is 35.4 Å². The molecule has 5 rings (SSSR count). The van der Waals surface area contributed by atoms with Crippen molar-refractivity contribution in [3.63, 3.8) is 0 Å². The minimum absolute atomic E-state index is 0.0226. The van der Waals surface area contributed by atoms with E-state index in [1.807, 2.05) is 73.0 Å². The minimum atomic E-state index is -2.43. The van der Waals surface area contributed by atoms with Crippen molar-refractivity contribution in [1.82, 2.24) is 14.1 Å². The van der Waals surface area contributed by atoms with Crippen LogP contribution in [0.1, 0.15) is 42.3 Å². The zero-order valence-electron chi connectivity index (χ0n) is 22.1. The maximum absolute atomic E-state index is 13.9. The fourth-order valence-corrected chi connectivity index (χ4v) is 5.23. The molecule has 0 fully saturated rings. The van der Waals surface area contributed by atoms with Gasteiger partial charge in [0.25, 0.3) is 5.56 Å². The molecule has 0 radical (unpaired) electrons. The van der Waals surface area contributed by atoms with Crippen molar-refractivity contribution in [2.75, 3.05) is 4.72 Å². The Labute approximate surface area is 234 Å². The van der Waals surface area contributed by atoms with Crippen molar-refractivity contribution in [3.8, 4) is 11.1 Å². The smallest absolute Gasteiger partial charge is 0.277 e. The highest BCUT2D eigenvalue weighted by molar-refractivity contribution is 7.80. The van der Waals surface area contributed by atoms with Gasteiger partial charge in [0.15, 0.2) is 0 Å². The van der Waals surface area contributed by atoms with Gasteiger partial charge in [0.2, 0.25) is 0 Å². The van der Waals surface area contributed by atoms with Gasteiger partial charge in [0, 0.05) is 34.6 Å². The van der Waals surface area contributed by atoms with E-state index in [9.17, 15) is 13.6 Å². The van der Waals surface area contributed by atoms with Gasteiger partial charge in [-0.3, -0.25) is 14.4 Å². The third-order valence-corrected chi connectivity index (χ3v) is 7.13. The number of benzene rings is 3. The summed E-state index contributed by atoms with van der Waals surface area (Å²) in [5.74, 6) is 0.847. The predicted octanol–water partition coefficient (Wildman–Crippen LogP) is 4.58. The van der Waals surface area contributed by atoms with Crippen LogP contribution in [-0.4, -0.2) is 28.7 Å². The molecular formula is C30H29N6O3S-. The Balaban J connectivity index is 1.59. The van der Waals surface area contributed by atoms with E-state index in [1.54, 1.807) is 35.0 Å². The normalized spacial score (nSPS) is 12.1. The van der Waals surface area contributed by atoms with Crippen molar-refractivity contribution in [1.29, 1.82) is 5.41 Å². The lowest BCUT2D eigenvalue weighted by atomic mass is 9.99. The Kier molecular flexibility index (Phi) is 7.63. The standard InChI is InChI=1S/C30H30N6O3S/c1-19(2)29-33-26-13-14-35(17-20-7-5-10-22(15-20)28(31)32)30(37)27(26)36(29)18-23-8-3-4-12-25(23)21-9-6-11-24(16-21)34-40(38)39/h3-16,19,34H,17-18H2,1-2H3,(H3,31,32)(H,38,39)/p-1. The molecule has 2 aromatic heterocycles. The molecule has 2 heterocycles. The second kappa shape index (κ2) is 11.3. The summed E-state index contributed by atoms with van der Waals surface area (Å²) in [4.78, 5) is 18.7. The first-order valence-corrected chi connectivity index (χ1v) is 13.9. The lowest BCUT2D eigenvalue weighted by molar-refractivity contribution is 0.542. The molecule has 10 heteroatoms. The Hall–Kier alpha value is -4.54. The number of imidazole rings is 1. The Morgan fingerprint density at radius 1 is 1.05 bits per heavy atom. The Bertz CT molecular complexity index is 1810. The number of nitrogens with zero attached hydrogens (tertiary/aromatic N) is 3. The maximum atomic E-state index is 13.9. The van der Waals surface area contributed by atoms with E-state index < -0.39 is 11.3 Å². The molecule has 5 aromatic rings. The van der Waals surface area contributed by atoms with Gasteiger partial charge in [0.1, 0.15) is 17.2 Å². The van der Waals surface area contributed by atoms with Crippen LogP contribution in [0.3, 0.4) is 0 Å². The molecule has 0 aliphatic carbocycles. The van der Waals surface area contributed by atoms with Gasteiger partial charge in [-0.25, -0.2) is 4.98 Å². The fraction of sp³-hybridized carbons (Fsp3) is 0.167. The second-order valence-electron chi connectivity index (χ2n) is 9.88. The molecule has 204 valence electrons. The molecule has 0 amide bonds. The van der Waals surface area contributed by atoms with E-state index in [1.165, 1.54) is 0 Å². The van der Waals surface area contributed by atoms with Crippen LogP contribution in [0.4, 0.5) is 5.69 Å². The lowest BCUT2D eigenvalue weighted by Gasteiger charge is -2.16. The van der Waals surface area contributed by atoms with Gasteiger partial charge in [0.05, 0.1) is 18.6 Å². The highest BCUT2D eigenvalue weighted by Gasteiger charge is 2.19. The van der Waals surface area contributed by atoms with Gasteiger partial charge >= 0.3 is 0 Å². The number of fused-ring (bicyclic) bond motifs is 1. The number of pyridine rings is 1. The van der Waals surface area contributed by atoms with E-state index in [4.69, 9.17) is 16.1 Å².